The summed E-state index contributed by atoms with van der Waals surface area (Å²) in [5.74, 6) is 0.643. The van der Waals surface area contributed by atoms with Gasteiger partial charge in [0, 0.05) is 11.4 Å². The average Bonchev–Trinajstić information content (AvgIpc) is 2.74. The molecule has 7 nitrogen and oxygen atoms in total. The Balaban J connectivity index is 1.80. The Morgan fingerprint density at radius 1 is 0.828 bits per heavy atom. The van der Waals surface area contributed by atoms with Crippen LogP contribution in [0.1, 0.15) is 10.4 Å². The van der Waals surface area contributed by atoms with Crippen molar-refractivity contribution in [2.45, 2.75) is 4.90 Å². The predicted molar refractivity (Wildman–Crippen MR) is 111 cm³/mol. The van der Waals surface area contributed by atoms with Crippen molar-refractivity contribution in [1.29, 1.82) is 0 Å². The van der Waals surface area contributed by atoms with Crippen LogP contribution in [-0.2, 0) is 10.0 Å². The van der Waals surface area contributed by atoms with E-state index in [1.807, 2.05) is 0 Å². The fourth-order valence-electron chi connectivity index (χ4n) is 2.64. The Kier molecular flexibility index (Phi) is 6.04. The molecule has 0 radical (unpaired) electrons. The minimum absolute atomic E-state index is 0.0196. The van der Waals surface area contributed by atoms with Gasteiger partial charge in [-0.25, -0.2) is 8.42 Å². The summed E-state index contributed by atoms with van der Waals surface area (Å²) in [5.41, 5.74) is 1.09. The second-order valence-corrected chi connectivity index (χ2v) is 7.70. The molecule has 0 aliphatic rings. The zero-order valence-corrected chi connectivity index (χ0v) is 16.7. The van der Waals surface area contributed by atoms with Crippen LogP contribution in [0.15, 0.2) is 77.7 Å². The third-order valence-corrected chi connectivity index (χ3v) is 5.48. The fraction of sp³-hybridized carbons (Fsp3) is 0.0952. The largest absolute Gasteiger partial charge is 0.497 e. The van der Waals surface area contributed by atoms with Gasteiger partial charge >= 0.3 is 0 Å². The van der Waals surface area contributed by atoms with E-state index in [1.54, 1.807) is 60.7 Å². The molecule has 0 aliphatic heterocycles. The Morgan fingerprint density at radius 3 is 2.24 bits per heavy atom. The Labute approximate surface area is 169 Å². The minimum Gasteiger partial charge on any atom is -0.497 e. The first-order valence-corrected chi connectivity index (χ1v) is 10.1. The van der Waals surface area contributed by atoms with E-state index in [0.29, 0.717) is 28.4 Å². The maximum atomic E-state index is 12.7. The van der Waals surface area contributed by atoms with E-state index in [-0.39, 0.29) is 4.90 Å². The number of benzene rings is 3. The lowest BCUT2D eigenvalue weighted by Crippen LogP contribution is -2.15. The number of anilines is 2. The number of ether oxygens (including phenoxy) is 2. The molecule has 0 atom stereocenters. The molecule has 0 bridgehead atoms. The number of nitrogens with one attached hydrogen (secondary N) is 2. The van der Waals surface area contributed by atoms with Gasteiger partial charge in [0.05, 0.1) is 24.7 Å². The number of para-hydroxylation sites is 1. The van der Waals surface area contributed by atoms with Crippen LogP contribution in [0.3, 0.4) is 0 Å². The fourth-order valence-corrected chi connectivity index (χ4v) is 3.75. The summed E-state index contributed by atoms with van der Waals surface area (Å²) in [7, 11) is -0.827. The quantitative estimate of drug-likeness (QED) is 0.616. The van der Waals surface area contributed by atoms with Crippen molar-refractivity contribution in [1.82, 2.24) is 0 Å². The SMILES string of the molecule is COc1ccc(NS(=O)(=O)c2cccc(NC(=O)c3ccccc3OC)c2)cc1. The smallest absolute Gasteiger partial charge is 0.261 e. The third kappa shape index (κ3) is 4.85. The van der Waals surface area contributed by atoms with Crippen molar-refractivity contribution >= 4 is 27.3 Å². The molecule has 0 saturated heterocycles. The monoisotopic (exact) mass is 412 g/mol. The third-order valence-electron chi connectivity index (χ3n) is 4.10. The van der Waals surface area contributed by atoms with Crippen molar-refractivity contribution in [3.8, 4) is 11.5 Å². The van der Waals surface area contributed by atoms with Crippen LogP contribution in [0.5, 0.6) is 11.5 Å². The lowest BCUT2D eigenvalue weighted by Gasteiger charge is -2.12. The zero-order chi connectivity index (χ0) is 20.9. The van der Waals surface area contributed by atoms with Gasteiger partial charge in [0.25, 0.3) is 15.9 Å². The molecule has 0 fully saturated rings. The molecule has 0 saturated carbocycles. The molecule has 1 amide bonds. The standard InChI is InChI=1S/C21H20N2O5S/c1-27-17-12-10-15(11-13-17)23-29(25,26)18-7-5-6-16(14-18)22-21(24)19-8-3-4-9-20(19)28-2/h3-14,23H,1-2H3,(H,22,24). The van der Waals surface area contributed by atoms with E-state index in [0.717, 1.165) is 0 Å². The summed E-state index contributed by atoms with van der Waals surface area (Å²) in [6.07, 6.45) is 0. The molecule has 0 heterocycles. The van der Waals surface area contributed by atoms with Crippen LogP contribution < -0.4 is 19.5 Å². The van der Waals surface area contributed by atoms with E-state index < -0.39 is 15.9 Å². The van der Waals surface area contributed by atoms with Gasteiger partial charge in [-0.15, -0.1) is 0 Å². The molecule has 0 spiro atoms. The first-order valence-electron chi connectivity index (χ1n) is 8.64. The molecule has 3 rings (SSSR count). The van der Waals surface area contributed by atoms with Gasteiger partial charge in [0.1, 0.15) is 11.5 Å². The highest BCUT2D eigenvalue weighted by atomic mass is 32.2. The first-order chi connectivity index (χ1) is 13.9. The molecule has 8 heteroatoms. The number of carbonyl (C=O) groups is 1. The van der Waals surface area contributed by atoms with Crippen LogP contribution in [0.25, 0.3) is 0 Å². The summed E-state index contributed by atoms with van der Waals surface area (Å²) in [6.45, 7) is 0. The number of amides is 1. The highest BCUT2D eigenvalue weighted by Crippen LogP contribution is 2.23. The molecule has 150 valence electrons. The van der Waals surface area contributed by atoms with Gasteiger partial charge in [0.2, 0.25) is 0 Å². The number of sulfonamides is 1. The Morgan fingerprint density at radius 2 is 1.55 bits per heavy atom. The normalized spacial score (nSPS) is 10.8. The van der Waals surface area contributed by atoms with Crippen molar-refractivity contribution in [2.24, 2.45) is 0 Å². The second kappa shape index (κ2) is 8.66. The predicted octanol–water partition coefficient (Wildman–Crippen LogP) is 3.76. The Bertz CT molecular complexity index is 1110. The van der Waals surface area contributed by atoms with Gasteiger partial charge in [-0.2, -0.15) is 0 Å². The van der Waals surface area contributed by atoms with E-state index in [9.17, 15) is 13.2 Å². The Hall–Kier alpha value is -3.52. The highest BCUT2D eigenvalue weighted by Gasteiger charge is 2.17. The molecular weight excluding hydrogens is 392 g/mol. The van der Waals surface area contributed by atoms with Crippen LogP contribution in [0.2, 0.25) is 0 Å². The van der Waals surface area contributed by atoms with Crippen LogP contribution in [0, 0.1) is 0 Å². The van der Waals surface area contributed by atoms with Gasteiger partial charge in [-0.1, -0.05) is 18.2 Å². The summed E-state index contributed by atoms with van der Waals surface area (Å²) in [5, 5.41) is 2.70. The molecule has 0 aromatic heterocycles. The number of hydrogen-bond donors (Lipinski definition) is 2. The van der Waals surface area contributed by atoms with E-state index in [4.69, 9.17) is 9.47 Å². The van der Waals surface area contributed by atoms with Gasteiger partial charge in [0.15, 0.2) is 0 Å². The maximum Gasteiger partial charge on any atom is 0.261 e. The molecule has 29 heavy (non-hydrogen) atoms. The number of hydrogen-bond acceptors (Lipinski definition) is 5. The number of rotatable bonds is 7. The van der Waals surface area contributed by atoms with Crippen LogP contribution in [0.4, 0.5) is 11.4 Å². The van der Waals surface area contributed by atoms with Crippen molar-refractivity contribution in [3.05, 3.63) is 78.4 Å². The molecule has 0 aliphatic carbocycles. The topological polar surface area (TPSA) is 93.7 Å². The minimum atomic E-state index is -3.84. The number of carbonyl (C=O) groups excluding carboxylic acids is 1. The van der Waals surface area contributed by atoms with E-state index in [1.165, 1.54) is 26.4 Å². The summed E-state index contributed by atoms with van der Waals surface area (Å²) in [6, 6.07) is 19.3. The van der Waals surface area contributed by atoms with Crippen LogP contribution in [-0.4, -0.2) is 28.5 Å². The van der Waals surface area contributed by atoms with Gasteiger partial charge < -0.3 is 14.8 Å². The molecule has 3 aromatic carbocycles. The molecule has 3 aromatic rings. The number of methoxy groups -OCH3 is 2. The second-order valence-electron chi connectivity index (χ2n) is 6.02. The van der Waals surface area contributed by atoms with Crippen molar-refractivity contribution in [3.63, 3.8) is 0 Å². The highest BCUT2D eigenvalue weighted by molar-refractivity contribution is 7.92. The van der Waals surface area contributed by atoms with Gasteiger partial charge in [-0.3, -0.25) is 9.52 Å². The van der Waals surface area contributed by atoms with Gasteiger partial charge in [-0.05, 0) is 54.6 Å². The average molecular weight is 412 g/mol. The molecule has 0 unspecified atom stereocenters. The molecule has 2 N–H and O–H groups in total. The lowest BCUT2D eigenvalue weighted by atomic mass is 10.2. The van der Waals surface area contributed by atoms with E-state index in [2.05, 4.69) is 10.0 Å². The van der Waals surface area contributed by atoms with Crippen molar-refractivity contribution < 1.29 is 22.7 Å². The summed E-state index contributed by atoms with van der Waals surface area (Å²) < 4.78 is 38.1. The lowest BCUT2D eigenvalue weighted by molar-refractivity contribution is 0.102. The zero-order valence-electron chi connectivity index (χ0n) is 15.9. The summed E-state index contributed by atoms with van der Waals surface area (Å²) >= 11 is 0. The summed E-state index contributed by atoms with van der Waals surface area (Å²) in [4.78, 5) is 12.6. The van der Waals surface area contributed by atoms with Crippen molar-refractivity contribution in [2.75, 3.05) is 24.3 Å². The molecular formula is C21H20N2O5S. The van der Waals surface area contributed by atoms with E-state index >= 15 is 0 Å². The maximum absolute atomic E-state index is 12.7. The van der Waals surface area contributed by atoms with Crippen LogP contribution >= 0.6 is 0 Å². The first kappa shape index (κ1) is 20.2.